The molecule has 0 bridgehead atoms. The average Bonchev–Trinajstić information content (AvgIpc) is 0.900. The van der Waals surface area contributed by atoms with E-state index in [4.69, 9.17) is 94.7 Å². The zero-order valence-corrected chi connectivity index (χ0v) is 83.4. The summed E-state index contributed by atoms with van der Waals surface area (Å²) in [5, 5.41) is 28.2. The summed E-state index contributed by atoms with van der Waals surface area (Å²) in [6.45, 7) is 35.4. The van der Waals surface area contributed by atoms with Crippen molar-refractivity contribution in [2.45, 2.75) is 176 Å². The fourth-order valence-corrected chi connectivity index (χ4v) is 11.1. The van der Waals surface area contributed by atoms with Crippen LogP contribution >= 0.6 is 0 Å². The van der Waals surface area contributed by atoms with Gasteiger partial charge in [0.25, 0.3) is 0 Å². The number of alkyl carbamates (subject to hydrolysis) is 5. The maximum absolute atomic E-state index is 14.0. The van der Waals surface area contributed by atoms with Crippen LogP contribution in [0.3, 0.4) is 0 Å². The Morgan fingerprint density at radius 3 is 0.570 bits per heavy atom. The van der Waals surface area contributed by atoms with E-state index in [0.29, 0.717) is 295 Å². The normalized spacial score (nSPS) is 11.8. The van der Waals surface area contributed by atoms with Crippen LogP contribution in [0.4, 0.5) is 24.0 Å². The van der Waals surface area contributed by atoms with E-state index in [1.54, 1.807) is 92.9 Å². The summed E-state index contributed by atoms with van der Waals surface area (Å²) in [5.74, 6) is -1.75. The minimum Gasteiger partial charge on any atom is -0.445 e. The molecule has 0 fully saturated rings. The molecule has 784 valence electrons. The average molecular weight is 1940 g/mol. The number of nitrogens with zero attached hydrogens (tertiary/aromatic N) is 3. The standard InChI is InChI=1S/C92H171N13O30/c1-89(2,3)132-85(112)99-34-22-48-122-58-68-127-63-53-117-43-17-29-94-80(107)73-104(74-81(108)95-30-18-44-118-54-64-128-69-59-123-49-23-35-100-86(113)133-90(4,5)6)40-38-103(72-79(106)93-28-16-42-116-52-62-126-67-57-121-47-21-33-98-84(111)131-77-78-26-14-13-15-27-78)39-41-105(75-82(109)96-31-19-45-119-55-65-129-70-60-124-50-24-36-101-87(114)134-91(7,8)9)76-83(110)97-32-20-46-120-56-66-130-71-61-125-51-25-37-102-88(115)135-92(10,11)12/h13-15,26-27H,16-25,28-77H2,1-12H3,(H,93,106)(H,94,107)(H,95,108)(H,96,109)(H,97,110)(H,98,111)(H,99,112)(H,100,113)(H,101,114)(H,102,115). The van der Waals surface area contributed by atoms with Crippen molar-refractivity contribution in [1.82, 2.24) is 67.9 Å². The molecule has 0 radical (unpaired) electrons. The molecule has 0 aliphatic carbocycles. The Morgan fingerprint density at radius 1 is 0.215 bits per heavy atom. The minimum atomic E-state index is -0.583. The monoisotopic (exact) mass is 1940 g/mol. The van der Waals surface area contributed by atoms with Crippen molar-refractivity contribution in [3.63, 3.8) is 0 Å². The molecule has 0 atom stereocenters. The summed E-state index contributed by atoms with van der Waals surface area (Å²) < 4.78 is 111. The lowest BCUT2D eigenvalue weighted by Gasteiger charge is -2.29. The number of carbonyl (C=O) groups is 10. The number of hydrogen-bond donors (Lipinski definition) is 10. The lowest BCUT2D eigenvalue weighted by atomic mass is 10.2. The fourth-order valence-electron chi connectivity index (χ4n) is 11.1. The van der Waals surface area contributed by atoms with Crippen LogP contribution < -0.4 is 53.2 Å². The van der Waals surface area contributed by atoms with Crippen LogP contribution in [0.2, 0.25) is 0 Å². The molecule has 0 aliphatic rings. The van der Waals surface area contributed by atoms with Crippen molar-refractivity contribution in [3.05, 3.63) is 35.9 Å². The molecule has 0 saturated carbocycles. The fraction of sp³-hybridized carbons (Fsp3) is 0.826. The molecular weight excluding hydrogens is 1770 g/mol. The van der Waals surface area contributed by atoms with Crippen molar-refractivity contribution in [2.24, 2.45) is 0 Å². The Morgan fingerprint density at radius 2 is 0.378 bits per heavy atom. The first kappa shape index (κ1) is 125. The number of rotatable bonds is 88. The Balaban J connectivity index is 3.21. The third-order valence-corrected chi connectivity index (χ3v) is 17.4. The zero-order valence-electron chi connectivity index (χ0n) is 83.4. The van der Waals surface area contributed by atoms with Gasteiger partial charge in [-0.2, -0.15) is 0 Å². The summed E-state index contributed by atoms with van der Waals surface area (Å²) in [6, 6.07) is 9.41. The second-order valence-corrected chi connectivity index (χ2v) is 34.9. The van der Waals surface area contributed by atoms with Crippen molar-refractivity contribution in [1.29, 1.82) is 0 Å². The van der Waals surface area contributed by atoms with E-state index >= 15 is 0 Å². The maximum atomic E-state index is 14.0. The lowest BCUT2D eigenvalue weighted by Crippen LogP contribution is -2.50. The Hall–Kier alpha value is -7.80. The van der Waals surface area contributed by atoms with Gasteiger partial charge >= 0.3 is 30.5 Å². The summed E-state index contributed by atoms with van der Waals surface area (Å²) in [5.41, 5.74) is -1.44. The van der Waals surface area contributed by atoms with Gasteiger partial charge in [0.2, 0.25) is 29.5 Å². The maximum Gasteiger partial charge on any atom is 0.407 e. The molecule has 135 heavy (non-hydrogen) atoms. The van der Waals surface area contributed by atoms with Crippen molar-refractivity contribution < 1.29 is 143 Å². The van der Waals surface area contributed by atoms with Gasteiger partial charge in [-0.1, -0.05) is 30.3 Å². The second-order valence-electron chi connectivity index (χ2n) is 34.9. The first-order chi connectivity index (χ1) is 64.8. The topological polar surface area (TPSA) is 485 Å². The number of carbonyl (C=O) groups excluding carboxylic acids is 10. The van der Waals surface area contributed by atoms with Gasteiger partial charge in [0.1, 0.15) is 29.0 Å². The number of amides is 10. The molecule has 0 aliphatic heterocycles. The van der Waals surface area contributed by atoms with Gasteiger partial charge in [0.15, 0.2) is 0 Å². The first-order valence-corrected chi connectivity index (χ1v) is 47.7. The molecule has 43 nitrogen and oxygen atoms in total. The first-order valence-electron chi connectivity index (χ1n) is 47.7. The zero-order chi connectivity index (χ0) is 99.3. The predicted octanol–water partition coefficient (Wildman–Crippen LogP) is 4.65. The van der Waals surface area contributed by atoms with E-state index in [-0.39, 0.29) is 128 Å². The molecule has 0 saturated heterocycles. The van der Waals surface area contributed by atoms with Crippen molar-refractivity contribution in [3.8, 4) is 0 Å². The van der Waals surface area contributed by atoms with Crippen LogP contribution in [0, 0.1) is 0 Å². The molecule has 0 unspecified atom stereocenters. The minimum absolute atomic E-state index is 0.128. The highest BCUT2D eigenvalue weighted by Gasteiger charge is 2.24. The molecular formula is C92H171N13O30. The SMILES string of the molecule is CC(C)(C)OC(=O)NCCCOCCOCCOCCCNC(=O)CN(CCN(CCN(CC(=O)NCCCOCCOCCOCCCNC(=O)OC(C)(C)C)CC(=O)NCCCOCCOCCOCCCNC(=O)OC(C)(C)C)CC(=O)NCCCOCCOCCOCCCNC(=O)OCc1ccccc1)CC(=O)NCCCOCCOCCOCCCNC(=O)OC(C)(C)C. The molecule has 10 amide bonds. The third-order valence-electron chi connectivity index (χ3n) is 17.4. The second kappa shape index (κ2) is 84.3. The predicted molar refractivity (Wildman–Crippen MR) is 504 cm³/mol. The van der Waals surface area contributed by atoms with Gasteiger partial charge < -0.3 is 148 Å². The lowest BCUT2D eigenvalue weighted by molar-refractivity contribution is -0.126. The van der Waals surface area contributed by atoms with E-state index in [2.05, 4.69) is 53.2 Å². The van der Waals surface area contributed by atoms with Crippen molar-refractivity contribution >= 4 is 60.0 Å². The van der Waals surface area contributed by atoms with Crippen molar-refractivity contribution in [2.75, 3.05) is 323 Å². The molecule has 1 rings (SSSR count). The van der Waals surface area contributed by atoms with Gasteiger partial charge in [0, 0.05) is 158 Å². The Labute approximate surface area is 801 Å². The Kier molecular flexibility index (Phi) is 78.2. The number of hydrogen-bond acceptors (Lipinski definition) is 33. The number of nitrogens with one attached hydrogen (secondary N) is 10. The smallest absolute Gasteiger partial charge is 0.407 e. The quantitative estimate of drug-likeness (QED) is 0.0313. The summed E-state index contributed by atoms with van der Waals surface area (Å²) in [4.78, 5) is 134. The molecule has 43 heteroatoms. The summed E-state index contributed by atoms with van der Waals surface area (Å²) >= 11 is 0. The summed E-state index contributed by atoms with van der Waals surface area (Å²) in [6.07, 6.45) is 3.00. The van der Waals surface area contributed by atoms with Crippen LogP contribution in [-0.4, -0.2) is 420 Å². The van der Waals surface area contributed by atoms with E-state index in [1.807, 2.05) is 35.2 Å². The highest BCUT2D eigenvalue weighted by molar-refractivity contribution is 5.82. The van der Waals surface area contributed by atoms with E-state index in [0.717, 1.165) is 5.56 Å². The van der Waals surface area contributed by atoms with Gasteiger partial charge in [-0.05, 0) is 153 Å². The van der Waals surface area contributed by atoms with Crippen LogP contribution in [0.5, 0.6) is 0 Å². The Bertz CT molecular complexity index is 2850. The molecule has 1 aromatic rings. The molecule has 0 spiro atoms. The van der Waals surface area contributed by atoms with E-state index in [9.17, 15) is 47.9 Å². The molecule has 0 aromatic heterocycles. The van der Waals surface area contributed by atoms with Crippen LogP contribution in [0.25, 0.3) is 0 Å². The largest absolute Gasteiger partial charge is 0.445 e. The highest BCUT2D eigenvalue weighted by Crippen LogP contribution is 2.11. The third kappa shape index (κ3) is 92.3. The number of benzene rings is 1. The highest BCUT2D eigenvalue weighted by atomic mass is 16.6. The van der Waals surface area contributed by atoms with Gasteiger partial charge in [0.05, 0.1) is 165 Å². The van der Waals surface area contributed by atoms with Gasteiger partial charge in [-0.15, -0.1) is 0 Å². The molecule has 1 aromatic carbocycles. The number of ether oxygens (including phenoxy) is 20. The van der Waals surface area contributed by atoms with Gasteiger partial charge in [-0.3, -0.25) is 38.7 Å². The van der Waals surface area contributed by atoms with Crippen LogP contribution in [-0.2, 0) is 125 Å². The van der Waals surface area contributed by atoms with E-state index < -0.39 is 52.9 Å². The molecule has 0 heterocycles. The van der Waals surface area contributed by atoms with Crippen LogP contribution in [0.15, 0.2) is 30.3 Å². The van der Waals surface area contributed by atoms with Gasteiger partial charge in [-0.25, -0.2) is 24.0 Å². The van der Waals surface area contributed by atoms with E-state index in [1.165, 1.54) is 0 Å². The van der Waals surface area contributed by atoms with Crippen LogP contribution in [0.1, 0.15) is 153 Å². The molecule has 10 N–H and O–H groups in total. The summed E-state index contributed by atoms with van der Waals surface area (Å²) in [7, 11) is 0.